The van der Waals surface area contributed by atoms with Crippen molar-refractivity contribution < 1.29 is 13.9 Å². The Labute approximate surface area is 168 Å². The van der Waals surface area contributed by atoms with Crippen LogP contribution in [0.3, 0.4) is 0 Å². The van der Waals surface area contributed by atoms with E-state index < -0.39 is 5.82 Å². The minimum absolute atomic E-state index is 0.0500. The Morgan fingerprint density at radius 3 is 2.45 bits per heavy atom. The number of anilines is 2. The second-order valence-electron chi connectivity index (χ2n) is 6.82. The van der Waals surface area contributed by atoms with Crippen LogP contribution in [-0.4, -0.2) is 35.8 Å². The number of nitrogens with zero attached hydrogens (tertiary/aromatic N) is 3. The SMILES string of the molecule is O=C(COc1ccccc1F)Nc1ccc(-c2ccc(N3CCCC3)nn2)cc1. The third-order valence-corrected chi connectivity index (χ3v) is 4.74. The Morgan fingerprint density at radius 2 is 1.76 bits per heavy atom. The van der Waals surface area contributed by atoms with E-state index in [0.717, 1.165) is 30.2 Å². The van der Waals surface area contributed by atoms with E-state index in [1.165, 1.54) is 25.0 Å². The zero-order valence-corrected chi connectivity index (χ0v) is 15.8. The van der Waals surface area contributed by atoms with Crippen LogP contribution in [0.1, 0.15) is 12.8 Å². The Balaban J connectivity index is 1.34. The van der Waals surface area contributed by atoms with Gasteiger partial charge in [0.2, 0.25) is 0 Å². The smallest absolute Gasteiger partial charge is 0.262 e. The summed E-state index contributed by atoms with van der Waals surface area (Å²) in [5.74, 6) is 0.0937. The van der Waals surface area contributed by atoms with Crippen LogP contribution in [0.15, 0.2) is 60.7 Å². The molecule has 29 heavy (non-hydrogen) atoms. The molecule has 0 spiro atoms. The predicted octanol–water partition coefficient (Wildman–Crippen LogP) is 3.90. The van der Waals surface area contributed by atoms with E-state index in [0.29, 0.717) is 5.69 Å². The zero-order valence-electron chi connectivity index (χ0n) is 15.8. The molecule has 0 atom stereocenters. The van der Waals surface area contributed by atoms with Crippen molar-refractivity contribution in [1.29, 1.82) is 0 Å². The molecular weight excluding hydrogens is 371 g/mol. The number of hydrogen-bond donors (Lipinski definition) is 1. The van der Waals surface area contributed by atoms with Gasteiger partial charge in [0.15, 0.2) is 24.0 Å². The van der Waals surface area contributed by atoms with Gasteiger partial charge < -0.3 is 15.0 Å². The van der Waals surface area contributed by atoms with Gasteiger partial charge in [-0.2, -0.15) is 0 Å². The molecule has 1 N–H and O–H groups in total. The Bertz CT molecular complexity index is 971. The minimum Gasteiger partial charge on any atom is -0.481 e. The van der Waals surface area contributed by atoms with Crippen LogP contribution in [0.4, 0.5) is 15.9 Å². The van der Waals surface area contributed by atoms with Crippen molar-refractivity contribution in [1.82, 2.24) is 10.2 Å². The van der Waals surface area contributed by atoms with Gasteiger partial charge in [-0.25, -0.2) is 4.39 Å². The van der Waals surface area contributed by atoms with E-state index in [9.17, 15) is 9.18 Å². The Hall–Kier alpha value is -3.48. The largest absolute Gasteiger partial charge is 0.481 e. The van der Waals surface area contributed by atoms with Gasteiger partial charge in [-0.15, -0.1) is 10.2 Å². The first-order valence-corrected chi connectivity index (χ1v) is 9.55. The number of nitrogens with one attached hydrogen (secondary N) is 1. The van der Waals surface area contributed by atoms with Crippen molar-refractivity contribution >= 4 is 17.4 Å². The van der Waals surface area contributed by atoms with E-state index in [4.69, 9.17) is 4.74 Å². The molecule has 0 unspecified atom stereocenters. The fourth-order valence-corrected chi connectivity index (χ4v) is 3.22. The van der Waals surface area contributed by atoms with Crippen molar-refractivity contribution in [2.75, 3.05) is 29.9 Å². The number of amides is 1. The summed E-state index contributed by atoms with van der Waals surface area (Å²) in [4.78, 5) is 14.3. The van der Waals surface area contributed by atoms with Crippen LogP contribution in [0.2, 0.25) is 0 Å². The van der Waals surface area contributed by atoms with Gasteiger partial charge in [-0.1, -0.05) is 24.3 Å². The highest BCUT2D eigenvalue weighted by Crippen LogP contribution is 2.22. The summed E-state index contributed by atoms with van der Waals surface area (Å²) in [6.45, 7) is 1.79. The van der Waals surface area contributed by atoms with Crippen molar-refractivity contribution in [3.05, 3.63) is 66.5 Å². The second-order valence-corrected chi connectivity index (χ2v) is 6.82. The lowest BCUT2D eigenvalue weighted by Gasteiger charge is -2.15. The van der Waals surface area contributed by atoms with Crippen LogP contribution < -0.4 is 15.0 Å². The molecule has 3 aromatic rings. The Kier molecular flexibility index (Phi) is 5.65. The molecule has 2 aromatic carbocycles. The molecule has 0 bridgehead atoms. The molecule has 2 heterocycles. The summed E-state index contributed by atoms with van der Waals surface area (Å²) in [6.07, 6.45) is 2.39. The average molecular weight is 392 g/mol. The van der Waals surface area contributed by atoms with Gasteiger partial charge in [0.1, 0.15) is 0 Å². The molecule has 1 aliphatic rings. The summed E-state index contributed by atoms with van der Waals surface area (Å²) in [5, 5.41) is 11.4. The van der Waals surface area contributed by atoms with Crippen LogP contribution >= 0.6 is 0 Å². The van der Waals surface area contributed by atoms with Crippen molar-refractivity contribution in [2.45, 2.75) is 12.8 Å². The van der Waals surface area contributed by atoms with Gasteiger partial charge in [0, 0.05) is 24.3 Å². The highest BCUT2D eigenvalue weighted by Gasteiger charge is 2.14. The molecule has 0 radical (unpaired) electrons. The summed E-state index contributed by atoms with van der Waals surface area (Å²) in [7, 11) is 0. The lowest BCUT2D eigenvalue weighted by molar-refractivity contribution is -0.118. The van der Waals surface area contributed by atoms with Crippen molar-refractivity contribution in [3.63, 3.8) is 0 Å². The topological polar surface area (TPSA) is 67.3 Å². The third-order valence-electron chi connectivity index (χ3n) is 4.74. The molecule has 1 aromatic heterocycles. The normalized spacial score (nSPS) is 13.3. The standard InChI is InChI=1S/C22H21FN4O2/c23-18-5-1-2-6-20(18)29-15-22(28)24-17-9-7-16(8-10-17)19-11-12-21(26-25-19)27-13-3-4-14-27/h1-2,5-12H,3-4,13-15H2,(H,24,28). The van der Waals surface area contributed by atoms with E-state index in [1.807, 2.05) is 24.3 Å². The summed E-state index contributed by atoms with van der Waals surface area (Å²) in [6, 6.07) is 17.2. The third kappa shape index (κ3) is 4.68. The van der Waals surface area contributed by atoms with Gasteiger partial charge in [-0.05, 0) is 49.2 Å². The second kappa shape index (κ2) is 8.68. The quantitative estimate of drug-likeness (QED) is 0.689. The first kappa shape index (κ1) is 18.9. The van der Waals surface area contributed by atoms with Crippen LogP contribution in [0.25, 0.3) is 11.3 Å². The first-order chi connectivity index (χ1) is 14.2. The molecule has 1 aliphatic heterocycles. The lowest BCUT2D eigenvalue weighted by atomic mass is 10.1. The van der Waals surface area contributed by atoms with Gasteiger partial charge >= 0.3 is 0 Å². The van der Waals surface area contributed by atoms with Crippen LogP contribution in [0, 0.1) is 5.82 Å². The number of aromatic nitrogens is 2. The van der Waals surface area contributed by atoms with E-state index in [1.54, 1.807) is 24.3 Å². The summed E-state index contributed by atoms with van der Waals surface area (Å²) < 4.78 is 18.7. The maximum absolute atomic E-state index is 13.5. The number of halogens is 1. The molecule has 148 valence electrons. The highest BCUT2D eigenvalue weighted by molar-refractivity contribution is 5.92. The first-order valence-electron chi connectivity index (χ1n) is 9.55. The number of carbonyl (C=O) groups excluding carboxylic acids is 1. The van der Waals surface area contributed by atoms with Crippen molar-refractivity contribution in [3.8, 4) is 17.0 Å². The molecule has 6 nitrogen and oxygen atoms in total. The van der Waals surface area contributed by atoms with Crippen LogP contribution in [-0.2, 0) is 4.79 Å². The highest BCUT2D eigenvalue weighted by atomic mass is 19.1. The maximum atomic E-state index is 13.5. The monoisotopic (exact) mass is 392 g/mol. The lowest BCUT2D eigenvalue weighted by Crippen LogP contribution is -2.20. The maximum Gasteiger partial charge on any atom is 0.262 e. The molecule has 1 amide bonds. The summed E-state index contributed by atoms with van der Waals surface area (Å²) in [5.41, 5.74) is 2.30. The van der Waals surface area contributed by atoms with Gasteiger partial charge in [-0.3, -0.25) is 4.79 Å². The van der Waals surface area contributed by atoms with Crippen LogP contribution in [0.5, 0.6) is 5.75 Å². The fourth-order valence-electron chi connectivity index (χ4n) is 3.22. The number of para-hydroxylation sites is 1. The average Bonchev–Trinajstić information content (AvgIpc) is 3.29. The van der Waals surface area contributed by atoms with Crippen molar-refractivity contribution in [2.24, 2.45) is 0 Å². The summed E-state index contributed by atoms with van der Waals surface area (Å²) >= 11 is 0. The fraction of sp³-hybridized carbons (Fsp3) is 0.227. The molecule has 0 aliphatic carbocycles. The Morgan fingerprint density at radius 1 is 1.00 bits per heavy atom. The number of benzene rings is 2. The number of ether oxygens (including phenoxy) is 1. The predicted molar refractivity (Wildman–Crippen MR) is 109 cm³/mol. The molecule has 1 saturated heterocycles. The molecule has 4 rings (SSSR count). The minimum atomic E-state index is -0.499. The van der Waals surface area contributed by atoms with Gasteiger partial charge in [0.05, 0.1) is 5.69 Å². The number of hydrogen-bond acceptors (Lipinski definition) is 5. The number of carbonyl (C=O) groups is 1. The van der Waals surface area contributed by atoms with E-state index in [-0.39, 0.29) is 18.3 Å². The van der Waals surface area contributed by atoms with E-state index >= 15 is 0 Å². The van der Waals surface area contributed by atoms with Gasteiger partial charge in [0.25, 0.3) is 5.91 Å². The molecule has 1 fully saturated rings. The number of rotatable bonds is 6. The molecule has 7 heteroatoms. The van der Waals surface area contributed by atoms with E-state index in [2.05, 4.69) is 20.4 Å². The molecular formula is C22H21FN4O2. The zero-order chi connectivity index (χ0) is 20.1. The molecule has 0 saturated carbocycles.